The largest absolute Gasteiger partial charge is 0.342 e. The van der Waals surface area contributed by atoms with Crippen molar-refractivity contribution in [2.45, 2.75) is 32.7 Å². The molecule has 1 unspecified atom stereocenters. The number of hydrogen-bond acceptors (Lipinski definition) is 3. The number of likely N-dealkylation sites (N-methyl/N-ethyl adjacent to an activating group) is 2. The summed E-state index contributed by atoms with van der Waals surface area (Å²) < 4.78 is 0. The van der Waals surface area contributed by atoms with Crippen molar-refractivity contribution < 1.29 is 4.79 Å². The van der Waals surface area contributed by atoms with Gasteiger partial charge in [0.05, 0.1) is 6.54 Å². The van der Waals surface area contributed by atoms with E-state index < -0.39 is 0 Å². The van der Waals surface area contributed by atoms with Crippen LogP contribution in [0.25, 0.3) is 0 Å². The third-order valence-electron chi connectivity index (χ3n) is 3.39. The molecule has 0 radical (unpaired) electrons. The molecule has 1 aliphatic heterocycles. The van der Waals surface area contributed by atoms with E-state index in [1.165, 1.54) is 12.8 Å². The Morgan fingerprint density at radius 1 is 1.41 bits per heavy atom. The van der Waals surface area contributed by atoms with Gasteiger partial charge in [0.2, 0.25) is 5.91 Å². The van der Waals surface area contributed by atoms with Gasteiger partial charge in [-0.05, 0) is 40.3 Å². The fraction of sp³-hybridized carbons (Fsp3) is 0.917. The van der Waals surface area contributed by atoms with Gasteiger partial charge in [-0.2, -0.15) is 0 Å². The van der Waals surface area contributed by atoms with Crippen LogP contribution in [0.5, 0.6) is 0 Å². The fourth-order valence-corrected chi connectivity index (χ4v) is 2.42. The minimum atomic E-state index is 0. The molecule has 1 amide bonds. The molecule has 1 fully saturated rings. The summed E-state index contributed by atoms with van der Waals surface area (Å²) >= 11 is 0. The van der Waals surface area contributed by atoms with Gasteiger partial charge in [0, 0.05) is 25.7 Å². The monoisotopic (exact) mass is 263 g/mol. The van der Waals surface area contributed by atoms with Gasteiger partial charge in [-0.25, -0.2) is 0 Å². The zero-order valence-corrected chi connectivity index (χ0v) is 12.1. The first kappa shape index (κ1) is 16.7. The molecule has 0 aromatic heterocycles. The second-order valence-corrected chi connectivity index (χ2v) is 4.39. The molecule has 1 heterocycles. The normalized spacial score (nSPS) is 20.1. The highest BCUT2D eigenvalue weighted by Gasteiger charge is 2.26. The molecule has 1 aliphatic rings. The van der Waals surface area contributed by atoms with E-state index in [1.54, 1.807) is 0 Å². The number of nitrogens with zero attached hydrogens (tertiary/aromatic N) is 2. The first-order valence-electron chi connectivity index (χ1n) is 6.39. The van der Waals surface area contributed by atoms with Gasteiger partial charge >= 0.3 is 0 Å². The van der Waals surface area contributed by atoms with Gasteiger partial charge in [0.25, 0.3) is 0 Å². The number of hydrogen-bond donors (Lipinski definition) is 1. The molecule has 4 nitrogen and oxygen atoms in total. The second kappa shape index (κ2) is 8.72. The smallest absolute Gasteiger partial charge is 0.236 e. The van der Waals surface area contributed by atoms with Crippen molar-refractivity contribution >= 4 is 18.3 Å². The molecule has 0 aliphatic carbocycles. The number of rotatable bonds is 6. The Morgan fingerprint density at radius 3 is 2.59 bits per heavy atom. The van der Waals surface area contributed by atoms with E-state index in [2.05, 4.69) is 10.2 Å². The van der Waals surface area contributed by atoms with Crippen LogP contribution in [0.1, 0.15) is 26.7 Å². The van der Waals surface area contributed by atoms with Crippen LogP contribution in [0.4, 0.5) is 0 Å². The number of likely N-dealkylation sites (tertiary alicyclic amines) is 1. The van der Waals surface area contributed by atoms with Crippen molar-refractivity contribution in [3.05, 3.63) is 0 Å². The summed E-state index contributed by atoms with van der Waals surface area (Å²) in [4.78, 5) is 16.2. The summed E-state index contributed by atoms with van der Waals surface area (Å²) in [6, 6.07) is 0.546. The van der Waals surface area contributed by atoms with Crippen molar-refractivity contribution in [3.8, 4) is 0 Å². The van der Waals surface area contributed by atoms with Crippen molar-refractivity contribution in [1.29, 1.82) is 0 Å². The van der Waals surface area contributed by atoms with Gasteiger partial charge < -0.3 is 10.2 Å². The van der Waals surface area contributed by atoms with Gasteiger partial charge in [0.15, 0.2) is 0 Å². The first-order valence-corrected chi connectivity index (χ1v) is 6.39. The van der Waals surface area contributed by atoms with Crippen LogP contribution in [0.3, 0.4) is 0 Å². The minimum absolute atomic E-state index is 0. The first-order chi connectivity index (χ1) is 7.72. The van der Waals surface area contributed by atoms with Gasteiger partial charge in [0.1, 0.15) is 0 Å². The molecule has 0 spiro atoms. The molecule has 1 saturated heterocycles. The lowest BCUT2D eigenvalue weighted by Crippen LogP contribution is -2.44. The van der Waals surface area contributed by atoms with E-state index in [-0.39, 0.29) is 18.3 Å². The Labute approximate surface area is 111 Å². The fourth-order valence-electron chi connectivity index (χ4n) is 2.42. The van der Waals surface area contributed by atoms with E-state index in [1.807, 2.05) is 25.8 Å². The maximum absolute atomic E-state index is 12.0. The Morgan fingerprint density at radius 2 is 2.06 bits per heavy atom. The summed E-state index contributed by atoms with van der Waals surface area (Å²) in [7, 11) is 1.97. The lowest BCUT2D eigenvalue weighted by Gasteiger charge is -2.27. The highest BCUT2D eigenvalue weighted by Crippen LogP contribution is 2.16. The number of halogens is 1. The number of amides is 1. The number of carbonyl (C=O) groups is 1. The Hall–Kier alpha value is -0.320. The van der Waals surface area contributed by atoms with Crippen molar-refractivity contribution in [1.82, 2.24) is 15.1 Å². The molecular formula is C12H26ClN3O. The molecule has 1 N–H and O–H groups in total. The summed E-state index contributed by atoms with van der Waals surface area (Å²) in [5.41, 5.74) is 0. The quantitative estimate of drug-likeness (QED) is 0.776. The van der Waals surface area contributed by atoms with Crippen LogP contribution >= 0.6 is 12.4 Å². The van der Waals surface area contributed by atoms with Gasteiger partial charge in [-0.15, -0.1) is 12.4 Å². The molecule has 1 atom stereocenters. The maximum Gasteiger partial charge on any atom is 0.236 e. The summed E-state index contributed by atoms with van der Waals surface area (Å²) in [5.74, 6) is 0.271. The van der Waals surface area contributed by atoms with E-state index >= 15 is 0 Å². The SMILES string of the molecule is CCN(CC)C(=O)CN1CCCC1CNC.Cl. The van der Waals surface area contributed by atoms with Crippen LogP contribution in [0, 0.1) is 0 Å². The molecular weight excluding hydrogens is 238 g/mol. The zero-order chi connectivity index (χ0) is 12.0. The summed E-state index contributed by atoms with van der Waals surface area (Å²) in [6.45, 7) is 8.37. The van der Waals surface area contributed by atoms with Crippen molar-refractivity contribution in [2.75, 3.05) is 39.8 Å². The van der Waals surface area contributed by atoms with E-state index in [9.17, 15) is 4.79 Å². The number of carbonyl (C=O) groups excluding carboxylic acids is 1. The maximum atomic E-state index is 12.0. The molecule has 102 valence electrons. The molecule has 17 heavy (non-hydrogen) atoms. The molecule has 1 rings (SSSR count). The molecule has 0 aromatic carbocycles. The van der Waals surface area contributed by atoms with E-state index in [0.717, 1.165) is 26.2 Å². The average molecular weight is 264 g/mol. The van der Waals surface area contributed by atoms with E-state index in [4.69, 9.17) is 0 Å². The lowest BCUT2D eigenvalue weighted by molar-refractivity contribution is -0.132. The molecule has 5 heteroatoms. The van der Waals surface area contributed by atoms with Crippen LogP contribution in [0.2, 0.25) is 0 Å². The third-order valence-corrected chi connectivity index (χ3v) is 3.39. The zero-order valence-electron chi connectivity index (χ0n) is 11.2. The van der Waals surface area contributed by atoms with Gasteiger partial charge in [-0.1, -0.05) is 0 Å². The van der Waals surface area contributed by atoms with Crippen LogP contribution in [-0.4, -0.2) is 61.5 Å². The lowest BCUT2D eigenvalue weighted by atomic mass is 10.2. The van der Waals surface area contributed by atoms with Crippen LogP contribution in [0.15, 0.2) is 0 Å². The average Bonchev–Trinajstić information content (AvgIpc) is 2.68. The Kier molecular flexibility index (Phi) is 8.56. The highest BCUT2D eigenvalue weighted by molar-refractivity contribution is 5.85. The van der Waals surface area contributed by atoms with Crippen molar-refractivity contribution in [3.63, 3.8) is 0 Å². The predicted molar refractivity (Wildman–Crippen MR) is 73.7 cm³/mol. The van der Waals surface area contributed by atoms with Crippen molar-refractivity contribution in [2.24, 2.45) is 0 Å². The molecule has 0 saturated carbocycles. The second-order valence-electron chi connectivity index (χ2n) is 4.39. The highest BCUT2D eigenvalue weighted by atomic mass is 35.5. The Bertz CT molecular complexity index is 222. The Balaban J connectivity index is 0.00000256. The van der Waals surface area contributed by atoms with E-state index in [0.29, 0.717) is 12.6 Å². The van der Waals surface area contributed by atoms with Crippen LogP contribution < -0.4 is 5.32 Å². The topological polar surface area (TPSA) is 35.6 Å². The summed E-state index contributed by atoms with van der Waals surface area (Å²) in [6.07, 6.45) is 2.43. The molecule has 0 bridgehead atoms. The number of nitrogens with one attached hydrogen (secondary N) is 1. The minimum Gasteiger partial charge on any atom is -0.342 e. The molecule has 0 aromatic rings. The predicted octanol–water partition coefficient (Wildman–Crippen LogP) is 0.960. The van der Waals surface area contributed by atoms with Crippen LogP contribution in [-0.2, 0) is 4.79 Å². The van der Waals surface area contributed by atoms with Gasteiger partial charge in [-0.3, -0.25) is 9.69 Å². The summed E-state index contributed by atoms with van der Waals surface area (Å²) in [5, 5.41) is 3.20. The standard InChI is InChI=1S/C12H25N3O.ClH/c1-4-14(5-2)12(16)10-15-8-6-7-11(15)9-13-3;/h11,13H,4-10H2,1-3H3;1H. The third kappa shape index (κ3) is 4.82.